The quantitative estimate of drug-likeness (QED) is 0.389. The highest BCUT2D eigenvalue weighted by atomic mass is 28.4. The standard InChI is InChI=1S/C13H9F5O3Si/c1-21-22(19,20)7-4-2-3-6(5-7)8-9(14)11(16)13(18)12(17)10(8)15/h2-5,19-20H,1H3. The summed E-state index contributed by atoms with van der Waals surface area (Å²) in [7, 11) is -3.29. The largest absolute Gasteiger partial charge is 0.531 e. The second kappa shape index (κ2) is 5.76. The fourth-order valence-corrected chi connectivity index (χ4v) is 2.75. The molecule has 0 aliphatic rings. The minimum atomic E-state index is -4.30. The van der Waals surface area contributed by atoms with E-state index in [2.05, 4.69) is 4.43 Å². The third kappa shape index (κ3) is 2.63. The van der Waals surface area contributed by atoms with E-state index in [1.807, 2.05) is 0 Å². The van der Waals surface area contributed by atoms with E-state index in [1.54, 1.807) is 0 Å². The van der Waals surface area contributed by atoms with Crippen LogP contribution in [0.5, 0.6) is 0 Å². The van der Waals surface area contributed by atoms with E-state index in [0.717, 1.165) is 19.2 Å². The average molecular weight is 336 g/mol. The van der Waals surface area contributed by atoms with Gasteiger partial charge in [0, 0.05) is 12.3 Å². The van der Waals surface area contributed by atoms with Crippen molar-refractivity contribution in [2.45, 2.75) is 0 Å². The molecule has 2 aromatic rings. The maximum absolute atomic E-state index is 13.7. The van der Waals surface area contributed by atoms with Crippen molar-refractivity contribution in [1.82, 2.24) is 0 Å². The topological polar surface area (TPSA) is 49.7 Å². The van der Waals surface area contributed by atoms with Crippen LogP contribution in [0.4, 0.5) is 22.0 Å². The molecule has 9 heteroatoms. The molecule has 0 saturated heterocycles. The molecule has 2 rings (SSSR count). The van der Waals surface area contributed by atoms with Crippen LogP contribution in [-0.4, -0.2) is 25.5 Å². The van der Waals surface area contributed by atoms with Crippen LogP contribution >= 0.6 is 0 Å². The molecule has 0 spiro atoms. The molecule has 0 aromatic heterocycles. The maximum atomic E-state index is 13.7. The van der Waals surface area contributed by atoms with E-state index in [1.165, 1.54) is 12.1 Å². The zero-order valence-corrected chi connectivity index (χ0v) is 12.0. The van der Waals surface area contributed by atoms with Gasteiger partial charge in [0.15, 0.2) is 23.3 Å². The van der Waals surface area contributed by atoms with Crippen LogP contribution in [0, 0.1) is 29.1 Å². The summed E-state index contributed by atoms with van der Waals surface area (Å²) in [5, 5.41) is -0.212. The van der Waals surface area contributed by atoms with E-state index >= 15 is 0 Å². The number of hydrogen-bond acceptors (Lipinski definition) is 3. The summed E-state index contributed by atoms with van der Waals surface area (Å²) in [5.74, 6) is -10.4. The molecule has 0 atom stereocenters. The predicted molar refractivity (Wildman–Crippen MR) is 68.5 cm³/mol. The maximum Gasteiger partial charge on any atom is 0.531 e. The van der Waals surface area contributed by atoms with Gasteiger partial charge >= 0.3 is 8.80 Å². The Morgan fingerprint density at radius 1 is 0.864 bits per heavy atom. The summed E-state index contributed by atoms with van der Waals surface area (Å²) in [4.78, 5) is 19.3. The third-order valence-electron chi connectivity index (χ3n) is 3.02. The first-order valence-electron chi connectivity index (χ1n) is 5.83. The normalized spacial score (nSPS) is 11.8. The van der Waals surface area contributed by atoms with Crippen LogP contribution < -0.4 is 5.19 Å². The molecule has 2 aromatic carbocycles. The summed E-state index contributed by atoms with van der Waals surface area (Å²) >= 11 is 0. The Kier molecular flexibility index (Phi) is 4.34. The van der Waals surface area contributed by atoms with Crippen molar-refractivity contribution in [3.63, 3.8) is 0 Å². The van der Waals surface area contributed by atoms with Crippen molar-refractivity contribution >= 4 is 14.0 Å². The van der Waals surface area contributed by atoms with Gasteiger partial charge in [-0.15, -0.1) is 0 Å². The van der Waals surface area contributed by atoms with E-state index in [0.29, 0.717) is 0 Å². The van der Waals surface area contributed by atoms with Crippen molar-refractivity contribution in [2.75, 3.05) is 7.11 Å². The van der Waals surface area contributed by atoms with Crippen LogP contribution in [0.1, 0.15) is 0 Å². The SMILES string of the molecule is CO[Si](O)(O)c1cccc(-c2c(F)c(F)c(F)c(F)c2F)c1. The highest BCUT2D eigenvalue weighted by Gasteiger charge is 2.35. The summed E-state index contributed by atoms with van der Waals surface area (Å²) in [5.41, 5.74) is -1.55. The van der Waals surface area contributed by atoms with E-state index in [4.69, 9.17) is 0 Å². The first-order valence-corrected chi connectivity index (χ1v) is 7.63. The zero-order valence-electron chi connectivity index (χ0n) is 11.0. The van der Waals surface area contributed by atoms with Crippen molar-refractivity contribution in [3.05, 3.63) is 53.4 Å². The van der Waals surface area contributed by atoms with Crippen molar-refractivity contribution in [1.29, 1.82) is 0 Å². The first-order chi connectivity index (χ1) is 10.2. The molecule has 0 aliphatic carbocycles. The van der Waals surface area contributed by atoms with E-state index < -0.39 is 49.0 Å². The molecule has 118 valence electrons. The minimum Gasteiger partial charge on any atom is -0.386 e. The van der Waals surface area contributed by atoms with Crippen molar-refractivity contribution < 1.29 is 36.0 Å². The first kappa shape index (κ1) is 16.6. The van der Waals surface area contributed by atoms with Crippen molar-refractivity contribution in [2.24, 2.45) is 0 Å². The molecule has 0 heterocycles. The van der Waals surface area contributed by atoms with Gasteiger partial charge in [-0.2, -0.15) is 0 Å². The Morgan fingerprint density at radius 2 is 1.36 bits per heavy atom. The van der Waals surface area contributed by atoms with Gasteiger partial charge in [-0.25, -0.2) is 22.0 Å². The molecular formula is C13H9F5O3Si. The summed E-state index contributed by atoms with van der Waals surface area (Å²) in [6.07, 6.45) is 0. The van der Waals surface area contributed by atoms with Gasteiger partial charge < -0.3 is 14.0 Å². The number of halogens is 5. The lowest BCUT2D eigenvalue weighted by Gasteiger charge is -2.16. The van der Waals surface area contributed by atoms with Gasteiger partial charge in [0.05, 0.1) is 5.56 Å². The zero-order chi connectivity index (χ0) is 16.7. The predicted octanol–water partition coefficient (Wildman–Crippen LogP) is 1.83. The molecule has 0 fully saturated rings. The Hall–Kier alpha value is -1.81. The van der Waals surface area contributed by atoms with Gasteiger partial charge in [0.2, 0.25) is 5.82 Å². The van der Waals surface area contributed by atoms with Gasteiger partial charge in [-0.3, -0.25) is 0 Å². The molecule has 2 N–H and O–H groups in total. The molecule has 0 unspecified atom stereocenters. The molecule has 0 saturated carbocycles. The average Bonchev–Trinajstić information content (AvgIpc) is 2.51. The van der Waals surface area contributed by atoms with Crippen LogP contribution in [0.15, 0.2) is 24.3 Å². The third-order valence-corrected chi connectivity index (χ3v) is 4.65. The second-order valence-electron chi connectivity index (χ2n) is 4.34. The van der Waals surface area contributed by atoms with Crippen LogP contribution in [-0.2, 0) is 4.43 Å². The Bertz CT molecular complexity index is 707. The van der Waals surface area contributed by atoms with Crippen LogP contribution in [0.25, 0.3) is 11.1 Å². The van der Waals surface area contributed by atoms with Gasteiger partial charge in [-0.05, 0) is 11.6 Å². The minimum absolute atomic E-state index is 0.212. The molecule has 3 nitrogen and oxygen atoms in total. The monoisotopic (exact) mass is 336 g/mol. The fourth-order valence-electron chi connectivity index (χ4n) is 1.85. The molecule has 0 amide bonds. The number of hydrogen-bond donors (Lipinski definition) is 2. The number of rotatable bonds is 3. The smallest absolute Gasteiger partial charge is 0.386 e. The van der Waals surface area contributed by atoms with Gasteiger partial charge in [0.1, 0.15) is 0 Å². The molecule has 0 radical (unpaired) electrons. The highest BCUT2D eigenvalue weighted by molar-refractivity contribution is 6.72. The Morgan fingerprint density at radius 3 is 1.86 bits per heavy atom. The molecule has 0 bridgehead atoms. The van der Waals surface area contributed by atoms with Crippen LogP contribution in [0.3, 0.4) is 0 Å². The van der Waals surface area contributed by atoms with Crippen LogP contribution in [0.2, 0.25) is 0 Å². The molecule has 22 heavy (non-hydrogen) atoms. The second-order valence-corrected chi connectivity index (χ2v) is 6.54. The summed E-state index contributed by atoms with van der Waals surface area (Å²) < 4.78 is 71.4. The number of benzene rings is 2. The van der Waals surface area contributed by atoms with Gasteiger partial charge in [0.25, 0.3) is 0 Å². The Balaban J connectivity index is 2.71. The lowest BCUT2D eigenvalue weighted by Crippen LogP contribution is -2.50. The summed E-state index contributed by atoms with van der Waals surface area (Å²) in [6, 6.07) is 4.34. The highest BCUT2D eigenvalue weighted by Crippen LogP contribution is 2.31. The molecule has 0 aliphatic heterocycles. The van der Waals surface area contributed by atoms with Crippen molar-refractivity contribution in [3.8, 4) is 11.1 Å². The Labute approximate surface area is 122 Å². The summed E-state index contributed by atoms with van der Waals surface area (Å²) in [6.45, 7) is 0. The van der Waals surface area contributed by atoms with E-state index in [9.17, 15) is 31.5 Å². The molecular weight excluding hydrogens is 327 g/mol. The van der Waals surface area contributed by atoms with E-state index in [-0.39, 0.29) is 5.19 Å². The fraction of sp³-hybridized carbons (Fsp3) is 0.0769. The van der Waals surface area contributed by atoms with Gasteiger partial charge in [-0.1, -0.05) is 18.2 Å². The lowest BCUT2D eigenvalue weighted by atomic mass is 10.0. The lowest BCUT2D eigenvalue weighted by molar-refractivity contribution is 0.204.